The van der Waals surface area contributed by atoms with E-state index in [0.717, 1.165) is 40.9 Å². The molecule has 2 aliphatic heterocycles. The molecule has 1 unspecified atom stereocenters. The van der Waals surface area contributed by atoms with E-state index in [2.05, 4.69) is 11.0 Å². The van der Waals surface area contributed by atoms with Gasteiger partial charge >= 0.3 is 6.18 Å². The van der Waals surface area contributed by atoms with Crippen LogP contribution in [0.3, 0.4) is 0 Å². The van der Waals surface area contributed by atoms with Crippen LogP contribution in [0, 0.1) is 6.92 Å². The Hall–Kier alpha value is -1.90. The second kappa shape index (κ2) is 7.85. The van der Waals surface area contributed by atoms with E-state index in [1.54, 1.807) is 0 Å². The Labute approximate surface area is 162 Å². The Morgan fingerprint density at radius 1 is 1.11 bits per heavy atom. The highest BCUT2D eigenvalue weighted by Gasteiger charge is 2.43. The highest BCUT2D eigenvalue weighted by atomic mass is 19.4. The van der Waals surface area contributed by atoms with Crippen molar-refractivity contribution in [2.24, 2.45) is 0 Å². The molecule has 8 heteroatoms. The van der Waals surface area contributed by atoms with Gasteiger partial charge in [-0.25, -0.2) is 4.98 Å². The topological polar surface area (TPSA) is 37.8 Å². The lowest BCUT2D eigenvalue weighted by Gasteiger charge is -2.35. The summed E-state index contributed by atoms with van der Waals surface area (Å²) in [6, 6.07) is 8.14. The van der Waals surface area contributed by atoms with E-state index in [-0.39, 0.29) is 13.2 Å². The maximum atomic E-state index is 13.1. The van der Waals surface area contributed by atoms with Crippen molar-refractivity contribution in [2.45, 2.75) is 25.7 Å². The molecule has 28 heavy (non-hydrogen) atoms. The van der Waals surface area contributed by atoms with Gasteiger partial charge in [0.15, 0.2) is 6.10 Å². The lowest BCUT2D eigenvalue weighted by atomic mass is 10.1. The molecule has 152 valence electrons. The number of benzene rings is 1. The zero-order valence-electron chi connectivity index (χ0n) is 15.8. The number of aryl methyl sites for hydroxylation is 1. The third kappa shape index (κ3) is 4.24. The highest BCUT2D eigenvalue weighted by Crippen LogP contribution is 2.29. The van der Waals surface area contributed by atoms with E-state index in [1.807, 2.05) is 30.0 Å². The van der Waals surface area contributed by atoms with Gasteiger partial charge in [0.25, 0.3) is 0 Å². The van der Waals surface area contributed by atoms with Gasteiger partial charge in [0.1, 0.15) is 5.82 Å². The zero-order chi connectivity index (χ0) is 19.7. The average molecular weight is 395 g/mol. The minimum atomic E-state index is -4.34. The van der Waals surface area contributed by atoms with Crippen molar-refractivity contribution in [3.05, 3.63) is 35.4 Å². The highest BCUT2D eigenvalue weighted by molar-refractivity contribution is 5.82. The van der Waals surface area contributed by atoms with E-state index in [1.165, 1.54) is 0 Å². The Kier molecular flexibility index (Phi) is 5.44. The molecule has 0 N–H and O–H groups in total. The van der Waals surface area contributed by atoms with Gasteiger partial charge in [-0.15, -0.1) is 0 Å². The first-order valence-electron chi connectivity index (χ1n) is 9.54. The monoisotopic (exact) mass is 395 g/mol. The van der Waals surface area contributed by atoms with Crippen molar-refractivity contribution in [1.29, 1.82) is 0 Å². The molecule has 5 nitrogen and oxygen atoms in total. The van der Waals surface area contributed by atoms with Crippen LogP contribution in [0.5, 0.6) is 0 Å². The number of anilines is 1. The second-order valence-electron chi connectivity index (χ2n) is 7.40. The SMILES string of the molecule is Cc1ccc2cc(CN3CCOC(C(F)(F)F)C3)c(N3CCOCC3)nc2c1. The molecule has 1 atom stereocenters. The Morgan fingerprint density at radius 2 is 1.89 bits per heavy atom. The van der Waals surface area contributed by atoms with Gasteiger partial charge in [-0.3, -0.25) is 4.90 Å². The third-order valence-electron chi connectivity index (χ3n) is 5.25. The van der Waals surface area contributed by atoms with Gasteiger partial charge in [-0.2, -0.15) is 13.2 Å². The quantitative estimate of drug-likeness (QED) is 0.798. The van der Waals surface area contributed by atoms with Gasteiger partial charge in [0, 0.05) is 43.7 Å². The minimum Gasteiger partial charge on any atom is -0.378 e. The first-order chi connectivity index (χ1) is 13.4. The van der Waals surface area contributed by atoms with E-state index < -0.39 is 12.3 Å². The van der Waals surface area contributed by atoms with Crippen LogP contribution in [-0.4, -0.2) is 68.2 Å². The van der Waals surface area contributed by atoms with Gasteiger partial charge in [-0.05, 0) is 24.6 Å². The maximum Gasteiger partial charge on any atom is 0.415 e. The summed E-state index contributed by atoms with van der Waals surface area (Å²) >= 11 is 0. The standard InChI is InChI=1S/C20H24F3N3O2/c1-14-2-3-15-11-16(12-25-4-9-28-18(13-25)20(21,22)23)19(24-17(15)10-14)26-5-7-27-8-6-26/h2-3,10-11,18H,4-9,12-13H2,1H3. The zero-order valence-corrected chi connectivity index (χ0v) is 15.8. The fraction of sp³-hybridized carbons (Fsp3) is 0.550. The van der Waals surface area contributed by atoms with Crippen molar-refractivity contribution in [1.82, 2.24) is 9.88 Å². The van der Waals surface area contributed by atoms with Gasteiger partial charge in [0.2, 0.25) is 0 Å². The lowest BCUT2D eigenvalue weighted by molar-refractivity contribution is -0.237. The van der Waals surface area contributed by atoms with Gasteiger partial charge < -0.3 is 14.4 Å². The van der Waals surface area contributed by atoms with Crippen molar-refractivity contribution in [3.8, 4) is 0 Å². The van der Waals surface area contributed by atoms with Crippen molar-refractivity contribution in [3.63, 3.8) is 0 Å². The molecule has 3 heterocycles. The fourth-order valence-electron chi connectivity index (χ4n) is 3.76. The summed E-state index contributed by atoms with van der Waals surface area (Å²) in [4.78, 5) is 8.86. The maximum absolute atomic E-state index is 13.1. The largest absolute Gasteiger partial charge is 0.415 e. The summed E-state index contributed by atoms with van der Waals surface area (Å²) in [5.41, 5.74) is 2.98. The van der Waals surface area contributed by atoms with Crippen LogP contribution < -0.4 is 4.90 Å². The number of halogens is 3. The van der Waals surface area contributed by atoms with Crippen LogP contribution in [0.2, 0.25) is 0 Å². The summed E-state index contributed by atoms with van der Waals surface area (Å²) in [7, 11) is 0. The lowest BCUT2D eigenvalue weighted by Crippen LogP contribution is -2.48. The molecule has 0 aliphatic carbocycles. The van der Waals surface area contributed by atoms with Crippen LogP contribution in [0.1, 0.15) is 11.1 Å². The number of hydrogen-bond acceptors (Lipinski definition) is 5. The first kappa shape index (κ1) is 19.4. The fourth-order valence-corrected chi connectivity index (χ4v) is 3.76. The van der Waals surface area contributed by atoms with E-state index >= 15 is 0 Å². The molecule has 2 saturated heterocycles. The molecule has 0 saturated carbocycles. The third-order valence-corrected chi connectivity index (χ3v) is 5.25. The van der Waals surface area contributed by atoms with E-state index in [4.69, 9.17) is 14.5 Å². The number of fused-ring (bicyclic) bond motifs is 1. The molecular weight excluding hydrogens is 371 g/mol. The van der Waals surface area contributed by atoms with Crippen LogP contribution >= 0.6 is 0 Å². The van der Waals surface area contributed by atoms with Crippen LogP contribution in [0.25, 0.3) is 10.9 Å². The Bertz CT molecular complexity index is 837. The molecule has 0 spiro atoms. The summed E-state index contributed by atoms with van der Waals surface area (Å²) in [5, 5.41) is 0.998. The van der Waals surface area contributed by atoms with Crippen LogP contribution in [-0.2, 0) is 16.0 Å². The molecule has 0 amide bonds. The number of morpholine rings is 2. The second-order valence-corrected chi connectivity index (χ2v) is 7.40. The number of rotatable bonds is 3. The predicted molar refractivity (Wildman–Crippen MR) is 101 cm³/mol. The molecule has 2 aromatic rings. The van der Waals surface area contributed by atoms with E-state index in [0.29, 0.717) is 26.3 Å². The molecule has 1 aromatic carbocycles. The Morgan fingerprint density at radius 3 is 2.64 bits per heavy atom. The first-order valence-corrected chi connectivity index (χ1v) is 9.54. The van der Waals surface area contributed by atoms with Crippen LogP contribution in [0.15, 0.2) is 24.3 Å². The number of alkyl halides is 3. The predicted octanol–water partition coefficient (Wildman–Crippen LogP) is 3.14. The number of ether oxygens (including phenoxy) is 2. The summed E-state index contributed by atoms with van der Waals surface area (Å²) < 4.78 is 49.6. The Balaban J connectivity index is 1.65. The van der Waals surface area contributed by atoms with Gasteiger partial charge in [0.05, 0.1) is 25.3 Å². The summed E-state index contributed by atoms with van der Waals surface area (Å²) in [6.07, 6.45) is -6.07. The van der Waals surface area contributed by atoms with Crippen LogP contribution in [0.4, 0.5) is 19.0 Å². The summed E-state index contributed by atoms with van der Waals surface area (Å²) in [5.74, 6) is 0.844. The number of pyridine rings is 1. The number of aromatic nitrogens is 1. The molecule has 0 radical (unpaired) electrons. The van der Waals surface area contributed by atoms with Gasteiger partial charge in [-0.1, -0.05) is 12.1 Å². The summed E-state index contributed by atoms with van der Waals surface area (Å²) in [6.45, 7) is 5.54. The molecule has 2 aliphatic rings. The van der Waals surface area contributed by atoms with Crippen molar-refractivity contribution >= 4 is 16.7 Å². The van der Waals surface area contributed by atoms with Crippen molar-refractivity contribution in [2.75, 3.05) is 50.9 Å². The normalized spacial score (nSPS) is 22.0. The molecule has 4 rings (SSSR count). The van der Waals surface area contributed by atoms with Crippen molar-refractivity contribution < 1.29 is 22.6 Å². The number of hydrogen-bond donors (Lipinski definition) is 0. The minimum absolute atomic E-state index is 0.0806. The molecule has 2 fully saturated rings. The average Bonchev–Trinajstić information content (AvgIpc) is 2.68. The molecule has 1 aromatic heterocycles. The molecule has 0 bridgehead atoms. The van der Waals surface area contributed by atoms with E-state index in [9.17, 15) is 13.2 Å². The smallest absolute Gasteiger partial charge is 0.378 e. The molecular formula is C20H24F3N3O2. The number of nitrogens with zero attached hydrogens (tertiary/aromatic N) is 3.